The van der Waals surface area contributed by atoms with Crippen LogP contribution in [0, 0.1) is 0 Å². The third kappa shape index (κ3) is 2.75. The van der Waals surface area contributed by atoms with Gasteiger partial charge in [-0.3, -0.25) is 0 Å². The second kappa shape index (κ2) is 3.75. The van der Waals surface area contributed by atoms with E-state index in [-0.39, 0.29) is 6.54 Å². The number of hydrogen-bond acceptors (Lipinski definition) is 3. The van der Waals surface area contributed by atoms with Gasteiger partial charge in [0.25, 0.3) is 0 Å². The van der Waals surface area contributed by atoms with Crippen LogP contribution in [0.2, 0.25) is 4.34 Å². The molecule has 0 aliphatic rings. The minimum atomic E-state index is -0.811. The molecule has 0 radical (unpaired) electrons. The van der Waals surface area contributed by atoms with E-state index in [0.717, 1.165) is 9.21 Å². The van der Waals surface area contributed by atoms with Gasteiger partial charge in [0.2, 0.25) is 0 Å². The second-order valence-electron chi connectivity index (χ2n) is 3.08. The molecule has 68 valence electrons. The summed E-state index contributed by atoms with van der Waals surface area (Å²) in [5.74, 6) is 0. The molecule has 0 amide bonds. The Hall–Kier alpha value is -0.0900. The molecular weight excluding hydrogens is 194 g/mol. The van der Waals surface area contributed by atoms with Crippen LogP contribution in [-0.2, 0) is 6.42 Å². The van der Waals surface area contributed by atoms with Crippen molar-refractivity contribution < 1.29 is 5.11 Å². The highest BCUT2D eigenvalue weighted by Crippen LogP contribution is 2.24. The van der Waals surface area contributed by atoms with Gasteiger partial charge in [0.05, 0.1) is 9.94 Å². The first-order valence-electron chi connectivity index (χ1n) is 3.70. The SMILES string of the molecule is CC(O)(CN)Cc1ccc(Cl)s1. The van der Waals surface area contributed by atoms with Gasteiger partial charge < -0.3 is 10.8 Å². The molecule has 0 aromatic carbocycles. The Kier molecular flexibility index (Phi) is 3.12. The van der Waals surface area contributed by atoms with E-state index < -0.39 is 5.60 Å². The number of nitrogens with two attached hydrogens (primary N) is 1. The van der Waals surface area contributed by atoms with Crippen molar-refractivity contribution in [1.82, 2.24) is 0 Å². The van der Waals surface area contributed by atoms with E-state index in [1.54, 1.807) is 6.92 Å². The van der Waals surface area contributed by atoms with Gasteiger partial charge in [0.1, 0.15) is 0 Å². The third-order valence-electron chi connectivity index (χ3n) is 1.62. The van der Waals surface area contributed by atoms with Crippen molar-refractivity contribution >= 4 is 22.9 Å². The van der Waals surface area contributed by atoms with Gasteiger partial charge in [-0.1, -0.05) is 11.6 Å². The molecule has 0 bridgehead atoms. The van der Waals surface area contributed by atoms with Gasteiger partial charge in [-0.25, -0.2) is 0 Å². The van der Waals surface area contributed by atoms with E-state index in [2.05, 4.69) is 0 Å². The molecule has 1 aromatic rings. The highest BCUT2D eigenvalue weighted by atomic mass is 35.5. The molecule has 0 saturated heterocycles. The zero-order valence-corrected chi connectivity index (χ0v) is 8.45. The predicted octanol–water partition coefficient (Wildman–Crippen LogP) is 1.65. The van der Waals surface area contributed by atoms with Crippen molar-refractivity contribution in [3.63, 3.8) is 0 Å². The quantitative estimate of drug-likeness (QED) is 0.789. The molecule has 2 nitrogen and oxygen atoms in total. The van der Waals surface area contributed by atoms with Gasteiger partial charge in [0, 0.05) is 17.8 Å². The Morgan fingerprint density at radius 2 is 2.33 bits per heavy atom. The lowest BCUT2D eigenvalue weighted by molar-refractivity contribution is 0.0705. The number of hydrogen-bond donors (Lipinski definition) is 2. The molecule has 0 fully saturated rings. The lowest BCUT2D eigenvalue weighted by atomic mass is 10.0. The standard InChI is InChI=1S/C8H12ClNOS/c1-8(11,5-10)4-6-2-3-7(9)12-6/h2-3,11H,4-5,10H2,1H3. The monoisotopic (exact) mass is 205 g/mol. The van der Waals surface area contributed by atoms with E-state index in [1.165, 1.54) is 11.3 Å². The summed E-state index contributed by atoms with van der Waals surface area (Å²) in [6.07, 6.45) is 0.570. The Morgan fingerprint density at radius 1 is 1.67 bits per heavy atom. The first-order valence-corrected chi connectivity index (χ1v) is 4.89. The maximum absolute atomic E-state index is 9.62. The Bertz CT molecular complexity index is 259. The van der Waals surface area contributed by atoms with Crippen molar-refractivity contribution in [2.45, 2.75) is 18.9 Å². The highest BCUT2D eigenvalue weighted by Gasteiger charge is 2.19. The topological polar surface area (TPSA) is 46.2 Å². The van der Waals surface area contributed by atoms with E-state index in [0.29, 0.717) is 6.42 Å². The maximum Gasteiger partial charge on any atom is 0.0931 e. The summed E-state index contributed by atoms with van der Waals surface area (Å²) in [6.45, 7) is 1.99. The third-order valence-corrected chi connectivity index (χ3v) is 2.85. The van der Waals surface area contributed by atoms with E-state index >= 15 is 0 Å². The van der Waals surface area contributed by atoms with Crippen molar-refractivity contribution in [3.05, 3.63) is 21.3 Å². The minimum Gasteiger partial charge on any atom is -0.388 e. The summed E-state index contributed by atoms with van der Waals surface area (Å²) >= 11 is 7.22. The lowest BCUT2D eigenvalue weighted by Gasteiger charge is -2.19. The largest absolute Gasteiger partial charge is 0.388 e. The van der Waals surface area contributed by atoms with Gasteiger partial charge in [-0.2, -0.15) is 0 Å². The molecule has 0 spiro atoms. The smallest absolute Gasteiger partial charge is 0.0931 e. The second-order valence-corrected chi connectivity index (χ2v) is 4.88. The molecule has 0 saturated carbocycles. The first kappa shape index (κ1) is 9.99. The average Bonchev–Trinajstić information content (AvgIpc) is 2.35. The van der Waals surface area contributed by atoms with Crippen LogP contribution in [0.5, 0.6) is 0 Å². The van der Waals surface area contributed by atoms with Gasteiger partial charge in [-0.15, -0.1) is 11.3 Å². The van der Waals surface area contributed by atoms with Crippen LogP contribution in [0.25, 0.3) is 0 Å². The van der Waals surface area contributed by atoms with Crippen molar-refractivity contribution in [3.8, 4) is 0 Å². The zero-order valence-electron chi connectivity index (χ0n) is 6.88. The van der Waals surface area contributed by atoms with Crippen LogP contribution in [0.15, 0.2) is 12.1 Å². The Morgan fingerprint density at radius 3 is 2.75 bits per heavy atom. The highest BCUT2D eigenvalue weighted by molar-refractivity contribution is 7.16. The summed E-state index contributed by atoms with van der Waals surface area (Å²) in [6, 6.07) is 3.74. The van der Waals surface area contributed by atoms with Crippen LogP contribution in [0.1, 0.15) is 11.8 Å². The summed E-state index contributed by atoms with van der Waals surface area (Å²) in [5, 5.41) is 9.62. The van der Waals surface area contributed by atoms with Crippen molar-refractivity contribution in [2.24, 2.45) is 5.73 Å². The van der Waals surface area contributed by atoms with E-state index in [9.17, 15) is 5.11 Å². The predicted molar refractivity (Wildman–Crippen MR) is 52.7 cm³/mol. The molecule has 0 aliphatic carbocycles. The Balaban J connectivity index is 2.63. The molecule has 1 unspecified atom stereocenters. The van der Waals surface area contributed by atoms with Crippen LogP contribution in [0.3, 0.4) is 0 Å². The fourth-order valence-corrected chi connectivity index (χ4v) is 2.16. The lowest BCUT2D eigenvalue weighted by Crippen LogP contribution is -2.36. The average molecular weight is 206 g/mol. The number of thiophene rings is 1. The van der Waals surface area contributed by atoms with E-state index in [1.807, 2.05) is 12.1 Å². The van der Waals surface area contributed by atoms with Crippen molar-refractivity contribution in [1.29, 1.82) is 0 Å². The summed E-state index contributed by atoms with van der Waals surface area (Å²) in [5.41, 5.74) is 4.57. The molecule has 0 aliphatic heterocycles. The molecule has 4 heteroatoms. The van der Waals surface area contributed by atoms with Crippen LogP contribution in [0.4, 0.5) is 0 Å². The van der Waals surface area contributed by atoms with Crippen LogP contribution in [-0.4, -0.2) is 17.3 Å². The van der Waals surface area contributed by atoms with Gasteiger partial charge in [0.15, 0.2) is 0 Å². The summed E-state index contributed by atoms with van der Waals surface area (Å²) < 4.78 is 0.748. The number of rotatable bonds is 3. The van der Waals surface area contributed by atoms with Gasteiger partial charge in [-0.05, 0) is 19.1 Å². The van der Waals surface area contributed by atoms with Crippen LogP contribution < -0.4 is 5.73 Å². The Labute approximate surface area is 81.0 Å². The van der Waals surface area contributed by atoms with Crippen molar-refractivity contribution in [2.75, 3.05) is 6.54 Å². The summed E-state index contributed by atoms with van der Waals surface area (Å²) in [4.78, 5) is 1.07. The molecule has 1 rings (SSSR count). The molecular formula is C8H12ClNOS. The maximum atomic E-state index is 9.62. The van der Waals surface area contributed by atoms with Crippen LogP contribution >= 0.6 is 22.9 Å². The number of halogens is 1. The fourth-order valence-electron chi connectivity index (χ4n) is 0.894. The molecule has 1 atom stereocenters. The zero-order chi connectivity index (χ0) is 9.19. The number of aliphatic hydroxyl groups is 1. The molecule has 1 heterocycles. The molecule has 12 heavy (non-hydrogen) atoms. The minimum absolute atomic E-state index is 0.266. The van der Waals surface area contributed by atoms with Gasteiger partial charge >= 0.3 is 0 Å². The van der Waals surface area contributed by atoms with E-state index in [4.69, 9.17) is 17.3 Å². The normalized spacial score (nSPS) is 16.0. The molecule has 3 N–H and O–H groups in total. The fraction of sp³-hybridized carbons (Fsp3) is 0.500. The first-order chi connectivity index (χ1) is 5.53. The molecule has 1 aromatic heterocycles. The summed E-state index contributed by atoms with van der Waals surface area (Å²) in [7, 11) is 0.